The number of benzene rings is 1. The molecule has 1 aromatic carbocycles. The fourth-order valence-corrected chi connectivity index (χ4v) is 2.09. The predicted molar refractivity (Wildman–Crippen MR) is 88.4 cm³/mol. The van der Waals surface area contributed by atoms with Crippen molar-refractivity contribution in [3.05, 3.63) is 35.9 Å². The SMILES string of the molecule is CCCCCCCCNC(=O)/C=C/c1cccc(OC)c1. The Labute approximate surface area is 128 Å². The Morgan fingerprint density at radius 3 is 2.71 bits per heavy atom. The van der Waals surface area contributed by atoms with Crippen molar-refractivity contribution in [1.82, 2.24) is 5.32 Å². The third-order valence-electron chi connectivity index (χ3n) is 3.35. The molecule has 3 heteroatoms. The van der Waals surface area contributed by atoms with Crippen LogP contribution in [0.4, 0.5) is 0 Å². The largest absolute Gasteiger partial charge is 0.497 e. The van der Waals surface area contributed by atoms with E-state index in [1.165, 1.54) is 32.1 Å². The third-order valence-corrected chi connectivity index (χ3v) is 3.35. The van der Waals surface area contributed by atoms with E-state index in [0.717, 1.165) is 24.3 Å². The van der Waals surface area contributed by atoms with Crippen molar-refractivity contribution >= 4 is 12.0 Å². The van der Waals surface area contributed by atoms with Crippen LogP contribution < -0.4 is 10.1 Å². The molecule has 21 heavy (non-hydrogen) atoms. The molecular weight excluding hydrogens is 262 g/mol. The van der Waals surface area contributed by atoms with Gasteiger partial charge >= 0.3 is 0 Å². The van der Waals surface area contributed by atoms with Gasteiger partial charge in [-0.3, -0.25) is 4.79 Å². The van der Waals surface area contributed by atoms with Gasteiger partial charge < -0.3 is 10.1 Å². The lowest BCUT2D eigenvalue weighted by atomic mass is 10.1. The summed E-state index contributed by atoms with van der Waals surface area (Å²) in [5, 5.41) is 2.92. The Kier molecular flexibility index (Phi) is 9.01. The number of rotatable bonds is 10. The van der Waals surface area contributed by atoms with Crippen LogP contribution >= 0.6 is 0 Å². The smallest absolute Gasteiger partial charge is 0.243 e. The van der Waals surface area contributed by atoms with Crippen molar-refractivity contribution in [2.75, 3.05) is 13.7 Å². The highest BCUT2D eigenvalue weighted by Crippen LogP contribution is 2.13. The molecular formula is C18H27NO2. The summed E-state index contributed by atoms with van der Waals surface area (Å²) in [7, 11) is 1.63. The molecule has 0 fully saturated rings. The third kappa shape index (κ3) is 8.18. The summed E-state index contributed by atoms with van der Waals surface area (Å²) >= 11 is 0. The second-order valence-electron chi connectivity index (χ2n) is 5.17. The maximum Gasteiger partial charge on any atom is 0.243 e. The van der Waals surface area contributed by atoms with E-state index in [0.29, 0.717) is 0 Å². The Morgan fingerprint density at radius 2 is 1.95 bits per heavy atom. The fraction of sp³-hybridized carbons (Fsp3) is 0.500. The van der Waals surface area contributed by atoms with Crippen LogP contribution in [0.15, 0.2) is 30.3 Å². The molecule has 0 unspecified atom stereocenters. The first kappa shape index (κ1) is 17.3. The fourth-order valence-electron chi connectivity index (χ4n) is 2.09. The molecule has 0 aliphatic rings. The first-order chi connectivity index (χ1) is 10.3. The summed E-state index contributed by atoms with van der Waals surface area (Å²) in [5.74, 6) is 0.760. The molecule has 0 saturated heterocycles. The van der Waals surface area contributed by atoms with E-state index in [-0.39, 0.29) is 5.91 Å². The number of nitrogens with one attached hydrogen (secondary N) is 1. The van der Waals surface area contributed by atoms with Crippen LogP contribution in [-0.2, 0) is 4.79 Å². The van der Waals surface area contributed by atoms with Crippen molar-refractivity contribution in [2.24, 2.45) is 0 Å². The molecule has 0 atom stereocenters. The zero-order valence-corrected chi connectivity index (χ0v) is 13.2. The summed E-state index contributed by atoms with van der Waals surface area (Å²) in [6.45, 7) is 2.97. The summed E-state index contributed by atoms with van der Waals surface area (Å²) in [6, 6.07) is 7.64. The molecule has 0 saturated carbocycles. The molecule has 0 aliphatic carbocycles. The van der Waals surface area contributed by atoms with Gasteiger partial charge in [-0.05, 0) is 30.2 Å². The number of carbonyl (C=O) groups is 1. The Morgan fingerprint density at radius 1 is 1.19 bits per heavy atom. The minimum atomic E-state index is -0.0358. The monoisotopic (exact) mass is 289 g/mol. The van der Waals surface area contributed by atoms with Crippen LogP contribution in [0, 0.1) is 0 Å². The van der Waals surface area contributed by atoms with Gasteiger partial charge in [0.15, 0.2) is 0 Å². The van der Waals surface area contributed by atoms with E-state index in [2.05, 4.69) is 12.2 Å². The maximum absolute atomic E-state index is 11.7. The number of hydrogen-bond donors (Lipinski definition) is 1. The highest BCUT2D eigenvalue weighted by Gasteiger charge is 1.96. The number of methoxy groups -OCH3 is 1. The summed E-state index contributed by atoms with van der Waals surface area (Å²) in [6.07, 6.45) is 10.8. The molecule has 1 aromatic rings. The van der Waals surface area contributed by atoms with Crippen molar-refractivity contribution in [3.8, 4) is 5.75 Å². The molecule has 3 nitrogen and oxygen atoms in total. The number of unbranched alkanes of at least 4 members (excludes halogenated alkanes) is 5. The second-order valence-corrected chi connectivity index (χ2v) is 5.17. The molecule has 0 spiro atoms. The topological polar surface area (TPSA) is 38.3 Å². The van der Waals surface area contributed by atoms with Gasteiger partial charge in [0.2, 0.25) is 5.91 Å². The zero-order valence-electron chi connectivity index (χ0n) is 13.2. The van der Waals surface area contributed by atoms with E-state index in [1.54, 1.807) is 19.3 Å². The summed E-state index contributed by atoms with van der Waals surface area (Å²) < 4.78 is 5.15. The summed E-state index contributed by atoms with van der Waals surface area (Å²) in [5.41, 5.74) is 0.962. The van der Waals surface area contributed by atoms with E-state index < -0.39 is 0 Å². The van der Waals surface area contributed by atoms with Gasteiger partial charge in [-0.25, -0.2) is 0 Å². The Balaban J connectivity index is 2.19. The van der Waals surface area contributed by atoms with Gasteiger partial charge in [0.1, 0.15) is 5.75 Å². The standard InChI is InChI=1S/C18H27NO2/c1-3-4-5-6-7-8-14-19-18(20)13-12-16-10-9-11-17(15-16)21-2/h9-13,15H,3-8,14H2,1-2H3,(H,19,20)/b13-12+. The molecule has 1 N–H and O–H groups in total. The Bertz CT molecular complexity index is 441. The van der Waals surface area contributed by atoms with Crippen LogP contribution in [0.5, 0.6) is 5.75 Å². The first-order valence-corrected chi connectivity index (χ1v) is 7.86. The van der Waals surface area contributed by atoms with Crippen molar-refractivity contribution in [3.63, 3.8) is 0 Å². The van der Waals surface area contributed by atoms with Gasteiger partial charge in [-0.2, -0.15) is 0 Å². The van der Waals surface area contributed by atoms with Crippen LogP contribution in [-0.4, -0.2) is 19.6 Å². The molecule has 0 bridgehead atoms. The normalized spacial score (nSPS) is 10.8. The molecule has 0 aliphatic heterocycles. The van der Waals surface area contributed by atoms with E-state index in [9.17, 15) is 4.79 Å². The number of ether oxygens (including phenoxy) is 1. The number of carbonyl (C=O) groups excluding carboxylic acids is 1. The van der Waals surface area contributed by atoms with Crippen LogP contribution in [0.1, 0.15) is 51.0 Å². The van der Waals surface area contributed by atoms with E-state index in [4.69, 9.17) is 4.74 Å². The molecule has 1 amide bonds. The van der Waals surface area contributed by atoms with Crippen LogP contribution in [0.3, 0.4) is 0 Å². The molecule has 1 rings (SSSR count). The number of amides is 1. The molecule has 0 aromatic heterocycles. The quantitative estimate of drug-likeness (QED) is 0.518. The highest BCUT2D eigenvalue weighted by molar-refractivity contribution is 5.91. The second kappa shape index (κ2) is 11.0. The van der Waals surface area contributed by atoms with E-state index in [1.807, 2.05) is 24.3 Å². The number of hydrogen-bond acceptors (Lipinski definition) is 2. The summed E-state index contributed by atoms with van der Waals surface area (Å²) in [4.78, 5) is 11.7. The predicted octanol–water partition coefficient (Wildman–Crippen LogP) is 4.19. The van der Waals surface area contributed by atoms with Crippen LogP contribution in [0.25, 0.3) is 6.08 Å². The van der Waals surface area contributed by atoms with Gasteiger partial charge in [-0.1, -0.05) is 51.2 Å². The molecule has 0 radical (unpaired) electrons. The lowest BCUT2D eigenvalue weighted by Crippen LogP contribution is -2.21. The van der Waals surface area contributed by atoms with Gasteiger partial charge in [-0.15, -0.1) is 0 Å². The lowest BCUT2D eigenvalue weighted by Gasteiger charge is -2.03. The maximum atomic E-state index is 11.7. The van der Waals surface area contributed by atoms with E-state index >= 15 is 0 Å². The van der Waals surface area contributed by atoms with Crippen molar-refractivity contribution in [1.29, 1.82) is 0 Å². The zero-order chi connectivity index (χ0) is 15.3. The highest BCUT2D eigenvalue weighted by atomic mass is 16.5. The lowest BCUT2D eigenvalue weighted by molar-refractivity contribution is -0.116. The first-order valence-electron chi connectivity index (χ1n) is 7.86. The molecule has 0 heterocycles. The van der Waals surface area contributed by atoms with Crippen molar-refractivity contribution in [2.45, 2.75) is 45.4 Å². The van der Waals surface area contributed by atoms with Gasteiger partial charge in [0.05, 0.1) is 7.11 Å². The van der Waals surface area contributed by atoms with Crippen molar-refractivity contribution < 1.29 is 9.53 Å². The van der Waals surface area contributed by atoms with Gasteiger partial charge in [0, 0.05) is 12.6 Å². The minimum Gasteiger partial charge on any atom is -0.497 e. The Hall–Kier alpha value is -1.77. The molecule has 116 valence electrons. The average Bonchev–Trinajstić information content (AvgIpc) is 2.52. The van der Waals surface area contributed by atoms with Crippen LogP contribution in [0.2, 0.25) is 0 Å². The minimum absolute atomic E-state index is 0.0358. The average molecular weight is 289 g/mol. The van der Waals surface area contributed by atoms with Gasteiger partial charge in [0.25, 0.3) is 0 Å².